The van der Waals surface area contributed by atoms with Crippen LogP contribution in [0.15, 0.2) is 0 Å². The predicted molar refractivity (Wildman–Crippen MR) is 149 cm³/mol. The van der Waals surface area contributed by atoms with Gasteiger partial charge in [0.1, 0.15) is 0 Å². The number of aliphatic carboxylic acids is 3. The van der Waals surface area contributed by atoms with Crippen LogP contribution in [0.5, 0.6) is 0 Å². The third-order valence-electron chi connectivity index (χ3n) is 5.97. The Balaban J connectivity index is -0.000000251. The van der Waals surface area contributed by atoms with Crippen molar-refractivity contribution in [1.82, 2.24) is 0 Å². The number of hydrogen-bond acceptors (Lipinski definition) is 6. The first kappa shape index (κ1) is 43.3. The minimum Gasteiger partial charge on any atom is -0.550 e. The van der Waals surface area contributed by atoms with E-state index in [1.165, 1.54) is 116 Å². The van der Waals surface area contributed by atoms with Crippen LogP contribution in [0.25, 0.3) is 0 Å². The molecule has 0 amide bonds. The second-order valence-electron chi connectivity index (χ2n) is 9.81. The first-order valence-corrected chi connectivity index (χ1v) is 14.8. The molecule has 0 saturated heterocycles. The number of rotatable bonds is 24. The summed E-state index contributed by atoms with van der Waals surface area (Å²) < 4.78 is 0. The maximum absolute atomic E-state index is 10.1. The van der Waals surface area contributed by atoms with Gasteiger partial charge < -0.3 is 29.7 Å². The molecule has 0 aliphatic heterocycles. The normalized spacial score (nSPS) is 9.81. The molecule has 0 saturated carbocycles. The predicted octanol–water partition coefficient (Wildman–Crippen LogP) is 5.25. The van der Waals surface area contributed by atoms with E-state index in [0.29, 0.717) is 0 Å². The summed E-state index contributed by atoms with van der Waals surface area (Å²) in [5.41, 5.74) is 0. The second kappa shape index (κ2) is 39.8. The molecular weight excluding hydrogens is 571 g/mol. The molecule has 6 nitrogen and oxygen atoms in total. The molecule has 0 rings (SSSR count). The third-order valence-corrected chi connectivity index (χ3v) is 5.97. The van der Waals surface area contributed by atoms with Crippen LogP contribution in [-0.4, -0.2) is 43.8 Å². The fraction of sp³-hybridized carbons (Fsp3) is 0.900. The molecule has 7 heteroatoms. The second-order valence-corrected chi connectivity index (χ2v) is 9.81. The molecule has 0 aliphatic carbocycles. The van der Waals surface area contributed by atoms with Gasteiger partial charge in [-0.25, -0.2) is 0 Å². The molecule has 0 atom stereocenters. The molecule has 0 unspecified atom stereocenters. The van der Waals surface area contributed by atoms with E-state index in [1.807, 2.05) is 0 Å². The fourth-order valence-electron chi connectivity index (χ4n) is 3.87. The largest absolute Gasteiger partial charge is 3.00 e. The van der Waals surface area contributed by atoms with Crippen molar-refractivity contribution in [3.63, 3.8) is 0 Å². The molecular formula is C30H57InO6. The Morgan fingerprint density at radius 1 is 0.405 bits per heavy atom. The Morgan fingerprint density at radius 2 is 0.568 bits per heavy atom. The Morgan fingerprint density at radius 3 is 0.730 bits per heavy atom. The van der Waals surface area contributed by atoms with Crippen LogP contribution in [0.2, 0.25) is 0 Å². The first-order chi connectivity index (χ1) is 17.3. The number of hydrogen-bond donors (Lipinski definition) is 0. The van der Waals surface area contributed by atoms with Crippen molar-refractivity contribution in [2.24, 2.45) is 0 Å². The molecule has 0 heterocycles. The minimum atomic E-state index is -1.08. The summed E-state index contributed by atoms with van der Waals surface area (Å²) in [6.07, 6.45) is 28.1. The minimum absolute atomic E-state index is 0. The fourth-order valence-corrected chi connectivity index (χ4v) is 3.87. The first-order valence-electron chi connectivity index (χ1n) is 14.8. The van der Waals surface area contributed by atoms with Crippen LogP contribution in [0, 0.1) is 0 Å². The van der Waals surface area contributed by atoms with Crippen LogP contribution >= 0.6 is 0 Å². The standard InChI is InChI=1S/2C14H28O2.C2H4O2.In/c2*1-2-3-4-5-6-7-8-9-10-11-12-13-14(15)16;1-2(3)4;/h2*2-13H2,1H3,(H,15,16);1H3,(H,3,4);/q;;;+3/p-3. The zero-order valence-corrected chi connectivity index (χ0v) is 27.8. The zero-order chi connectivity index (χ0) is 27.7. The van der Waals surface area contributed by atoms with Crippen LogP contribution in [-0.2, 0) is 14.4 Å². The molecule has 0 N–H and O–H groups in total. The summed E-state index contributed by atoms with van der Waals surface area (Å²) in [5.74, 6) is -2.90. The Hall–Kier alpha value is -0.720. The van der Waals surface area contributed by atoms with Crippen molar-refractivity contribution in [3.8, 4) is 0 Å². The maximum Gasteiger partial charge on any atom is 3.00 e. The van der Waals surface area contributed by atoms with Gasteiger partial charge in [-0.15, -0.1) is 0 Å². The van der Waals surface area contributed by atoms with Gasteiger partial charge in [0.15, 0.2) is 0 Å². The van der Waals surface area contributed by atoms with Gasteiger partial charge in [0, 0.05) is 17.9 Å². The summed E-state index contributed by atoms with van der Waals surface area (Å²) in [4.78, 5) is 29.2. The average Bonchev–Trinajstić information content (AvgIpc) is 2.81. The molecule has 216 valence electrons. The third kappa shape index (κ3) is 61.1. The molecule has 0 aliphatic rings. The molecule has 0 aromatic rings. The summed E-state index contributed by atoms with van der Waals surface area (Å²) in [5, 5.41) is 29.2. The molecule has 0 aromatic heterocycles. The van der Waals surface area contributed by atoms with E-state index in [0.717, 1.165) is 32.6 Å². The van der Waals surface area contributed by atoms with E-state index in [1.54, 1.807) is 0 Å². The smallest absolute Gasteiger partial charge is 0.550 e. The van der Waals surface area contributed by atoms with E-state index >= 15 is 0 Å². The van der Waals surface area contributed by atoms with Crippen molar-refractivity contribution in [3.05, 3.63) is 0 Å². The topological polar surface area (TPSA) is 120 Å². The Labute approximate surface area is 247 Å². The average molecular weight is 629 g/mol. The van der Waals surface area contributed by atoms with Gasteiger partial charge in [-0.1, -0.05) is 142 Å². The van der Waals surface area contributed by atoms with E-state index in [-0.39, 0.29) is 38.7 Å². The molecule has 37 heavy (non-hydrogen) atoms. The van der Waals surface area contributed by atoms with Crippen LogP contribution in [0.3, 0.4) is 0 Å². The summed E-state index contributed by atoms with van der Waals surface area (Å²) in [6.45, 7) is 5.46. The van der Waals surface area contributed by atoms with Gasteiger partial charge in [0.05, 0.1) is 0 Å². The van der Waals surface area contributed by atoms with Gasteiger partial charge in [-0.05, 0) is 32.6 Å². The molecule has 0 fully saturated rings. The van der Waals surface area contributed by atoms with Crippen LogP contribution in [0.1, 0.15) is 175 Å². The van der Waals surface area contributed by atoms with Crippen molar-refractivity contribution in [2.45, 2.75) is 175 Å². The van der Waals surface area contributed by atoms with E-state index in [2.05, 4.69) is 13.8 Å². The van der Waals surface area contributed by atoms with E-state index in [9.17, 15) is 19.8 Å². The van der Waals surface area contributed by atoms with Gasteiger partial charge in [0.25, 0.3) is 0 Å². The number of carbonyl (C=O) groups is 3. The number of carboxylic acid groups (broad SMARTS) is 3. The monoisotopic (exact) mass is 628 g/mol. The van der Waals surface area contributed by atoms with Gasteiger partial charge in [-0.3, -0.25) is 0 Å². The SMILES string of the molecule is CC(=O)[O-].CCCCCCCCCCCCCC(=O)[O-].CCCCCCCCCCCCCC(=O)[O-].[In+3]. The number of carboxylic acids is 3. The molecule has 0 spiro atoms. The maximum atomic E-state index is 10.1. The summed E-state index contributed by atoms with van der Waals surface area (Å²) in [6, 6.07) is 0. The summed E-state index contributed by atoms with van der Waals surface area (Å²) in [7, 11) is 0. The van der Waals surface area contributed by atoms with Crippen LogP contribution < -0.4 is 15.3 Å². The quantitative estimate of drug-likeness (QED) is 0.135. The number of unbranched alkanes of at least 4 members (excludes halogenated alkanes) is 20. The van der Waals surface area contributed by atoms with Crippen molar-refractivity contribution in [1.29, 1.82) is 0 Å². The number of carbonyl (C=O) groups excluding carboxylic acids is 3. The molecule has 0 radical (unpaired) electrons. The van der Waals surface area contributed by atoms with Crippen molar-refractivity contribution < 1.29 is 29.7 Å². The van der Waals surface area contributed by atoms with E-state index in [4.69, 9.17) is 9.90 Å². The van der Waals surface area contributed by atoms with Crippen LogP contribution in [0.4, 0.5) is 0 Å². The molecule has 0 bridgehead atoms. The van der Waals surface area contributed by atoms with E-state index < -0.39 is 17.9 Å². The van der Waals surface area contributed by atoms with Gasteiger partial charge >= 0.3 is 25.8 Å². The van der Waals surface area contributed by atoms with Gasteiger partial charge in [-0.2, -0.15) is 0 Å². The Bertz CT molecular complexity index is 431. The van der Waals surface area contributed by atoms with Crippen molar-refractivity contribution >= 4 is 43.8 Å². The molecule has 0 aromatic carbocycles. The van der Waals surface area contributed by atoms with Crippen molar-refractivity contribution in [2.75, 3.05) is 0 Å². The van der Waals surface area contributed by atoms with Gasteiger partial charge in [0.2, 0.25) is 0 Å². The summed E-state index contributed by atoms with van der Waals surface area (Å²) >= 11 is 0. The zero-order valence-electron chi connectivity index (χ0n) is 24.5. The Kier molecular flexibility index (Phi) is 46.6.